The molecule has 2 atom stereocenters. The van der Waals surface area contributed by atoms with Gasteiger partial charge >= 0.3 is 5.97 Å². The van der Waals surface area contributed by atoms with Gasteiger partial charge in [-0.3, -0.25) is 9.59 Å². The first kappa shape index (κ1) is 28.4. The van der Waals surface area contributed by atoms with E-state index in [-0.39, 0.29) is 17.6 Å². The zero-order chi connectivity index (χ0) is 28.1. The van der Waals surface area contributed by atoms with Gasteiger partial charge < -0.3 is 19.5 Å². The smallest absolute Gasteiger partial charge is 0.306 e. The molecule has 3 aliphatic rings. The van der Waals surface area contributed by atoms with E-state index in [2.05, 4.69) is 9.88 Å². The van der Waals surface area contributed by atoms with Crippen LogP contribution in [-0.2, 0) is 4.79 Å². The molecule has 2 aromatic rings. The van der Waals surface area contributed by atoms with E-state index in [1.54, 1.807) is 20.2 Å². The molecule has 1 saturated heterocycles. The third-order valence-corrected chi connectivity index (χ3v) is 9.32. The number of anilines is 1. The van der Waals surface area contributed by atoms with Gasteiger partial charge in [-0.05, 0) is 80.0 Å². The molecule has 1 N–H and O–H groups in total. The Morgan fingerprint density at radius 2 is 1.73 bits per heavy atom. The molecule has 1 aromatic carbocycles. The highest BCUT2D eigenvalue weighted by Crippen LogP contribution is 2.47. The highest BCUT2D eigenvalue weighted by atomic mass is 16.5. The van der Waals surface area contributed by atoms with Crippen LogP contribution >= 0.6 is 0 Å². The highest BCUT2D eigenvalue weighted by Gasteiger charge is 2.39. The van der Waals surface area contributed by atoms with Crippen molar-refractivity contribution >= 4 is 17.4 Å². The molecule has 7 heteroatoms. The Morgan fingerprint density at radius 1 is 1.00 bits per heavy atom. The number of methoxy groups -OCH3 is 1. The lowest BCUT2D eigenvalue weighted by atomic mass is 9.84. The second-order valence-corrected chi connectivity index (χ2v) is 12.1. The van der Waals surface area contributed by atoms with Crippen LogP contribution in [0.3, 0.4) is 0 Å². The molecule has 0 amide bonds. The molecule has 0 spiro atoms. The molecule has 3 fully saturated rings. The van der Waals surface area contributed by atoms with Crippen LogP contribution in [0.4, 0.5) is 5.69 Å². The van der Waals surface area contributed by atoms with E-state index >= 15 is 0 Å². The standard InChI is InChI=1S/C33H44N2O5/c1-22(33(37)38)31(24-9-10-24)26-13-16-34-30(19-26)40-21-23-14-17-35(18-15-23)29-20-27(39-2)11-12-28(29)32(36)25-7-5-3-4-6-8-25/h11-13,16,19-20,22-25,31H,3-10,14-15,17-18,21H2,1-2H3,(H,37,38)/t22-,31-/m0/s1. The summed E-state index contributed by atoms with van der Waals surface area (Å²) >= 11 is 0. The number of benzene rings is 1. The number of piperidine rings is 1. The minimum absolute atomic E-state index is 0.00356. The van der Waals surface area contributed by atoms with Crippen LogP contribution in [0.5, 0.6) is 11.6 Å². The lowest BCUT2D eigenvalue weighted by molar-refractivity contribution is -0.142. The molecule has 2 saturated carbocycles. The van der Waals surface area contributed by atoms with E-state index in [0.29, 0.717) is 24.3 Å². The van der Waals surface area contributed by atoms with Gasteiger partial charge in [0, 0.05) is 42.9 Å². The number of aromatic nitrogens is 1. The van der Waals surface area contributed by atoms with Crippen LogP contribution in [0, 0.1) is 23.7 Å². The largest absolute Gasteiger partial charge is 0.497 e. The van der Waals surface area contributed by atoms with E-state index in [9.17, 15) is 14.7 Å². The monoisotopic (exact) mass is 548 g/mol. The van der Waals surface area contributed by atoms with E-state index < -0.39 is 11.9 Å². The number of carbonyl (C=O) groups is 2. The van der Waals surface area contributed by atoms with Crippen molar-refractivity contribution in [3.63, 3.8) is 0 Å². The Bertz CT molecular complexity index is 1160. The number of rotatable bonds is 11. The van der Waals surface area contributed by atoms with Gasteiger partial charge in [0.1, 0.15) is 5.75 Å². The average molecular weight is 549 g/mol. The molecule has 1 aromatic heterocycles. The predicted octanol–water partition coefficient (Wildman–Crippen LogP) is 6.75. The Labute approximate surface area is 238 Å². The topological polar surface area (TPSA) is 89.0 Å². The predicted molar refractivity (Wildman–Crippen MR) is 155 cm³/mol. The third kappa shape index (κ3) is 6.79. The van der Waals surface area contributed by atoms with Crippen LogP contribution in [0.25, 0.3) is 0 Å². The number of hydrogen-bond acceptors (Lipinski definition) is 6. The van der Waals surface area contributed by atoms with E-state index in [4.69, 9.17) is 9.47 Å². The zero-order valence-electron chi connectivity index (χ0n) is 24.0. The van der Waals surface area contributed by atoms with Crippen molar-refractivity contribution in [1.82, 2.24) is 4.98 Å². The number of Topliss-reactive ketones (excluding diaryl/α,β-unsaturated/α-hetero) is 1. The van der Waals surface area contributed by atoms with Crippen LogP contribution in [-0.4, -0.2) is 48.6 Å². The Balaban J connectivity index is 1.21. The number of carboxylic acids is 1. The molecule has 0 unspecified atom stereocenters. The molecule has 2 aliphatic carbocycles. The molecule has 0 bridgehead atoms. The number of nitrogens with zero attached hydrogens (tertiary/aromatic N) is 2. The second-order valence-electron chi connectivity index (χ2n) is 12.1. The molecule has 5 rings (SSSR count). The fraction of sp³-hybridized carbons (Fsp3) is 0.606. The summed E-state index contributed by atoms with van der Waals surface area (Å²) in [5.74, 6) is 1.43. The first-order chi connectivity index (χ1) is 19.4. The first-order valence-electron chi connectivity index (χ1n) is 15.2. The van der Waals surface area contributed by atoms with Crippen molar-refractivity contribution in [3.8, 4) is 11.6 Å². The van der Waals surface area contributed by atoms with Gasteiger partial charge in [0.05, 0.1) is 25.3 Å². The number of pyridine rings is 1. The van der Waals surface area contributed by atoms with Crippen molar-refractivity contribution < 1.29 is 24.2 Å². The van der Waals surface area contributed by atoms with Crippen molar-refractivity contribution in [3.05, 3.63) is 47.7 Å². The number of ether oxygens (including phenoxy) is 2. The van der Waals surface area contributed by atoms with Crippen molar-refractivity contribution in [2.24, 2.45) is 23.7 Å². The second kappa shape index (κ2) is 13.0. The highest BCUT2D eigenvalue weighted by molar-refractivity contribution is 6.03. The molecule has 2 heterocycles. The molecule has 7 nitrogen and oxygen atoms in total. The molecular weight excluding hydrogens is 504 g/mol. The van der Waals surface area contributed by atoms with Gasteiger partial charge in [-0.15, -0.1) is 0 Å². The average Bonchev–Trinajstić information content (AvgIpc) is 3.84. The maximum atomic E-state index is 13.6. The molecule has 1 aliphatic heterocycles. The van der Waals surface area contributed by atoms with Gasteiger partial charge in [-0.1, -0.05) is 32.6 Å². The molecule has 40 heavy (non-hydrogen) atoms. The number of ketones is 1. The molecule has 216 valence electrons. The molecule has 0 radical (unpaired) electrons. The van der Waals surface area contributed by atoms with Gasteiger partial charge in [0.2, 0.25) is 5.88 Å². The Morgan fingerprint density at radius 3 is 2.38 bits per heavy atom. The summed E-state index contributed by atoms with van der Waals surface area (Å²) in [4.78, 5) is 32.1. The van der Waals surface area contributed by atoms with E-state index in [0.717, 1.165) is 87.0 Å². The third-order valence-electron chi connectivity index (χ3n) is 9.32. The van der Waals surface area contributed by atoms with Crippen LogP contribution < -0.4 is 14.4 Å². The number of hydrogen-bond donors (Lipinski definition) is 1. The van der Waals surface area contributed by atoms with Gasteiger partial charge in [-0.25, -0.2) is 4.98 Å². The first-order valence-corrected chi connectivity index (χ1v) is 15.2. The summed E-state index contributed by atoms with van der Waals surface area (Å²) in [5.41, 5.74) is 2.85. The van der Waals surface area contributed by atoms with E-state index in [1.807, 2.05) is 30.3 Å². The number of carbonyl (C=O) groups excluding carboxylic acids is 1. The Kier molecular flexibility index (Phi) is 9.28. The maximum absolute atomic E-state index is 13.6. The summed E-state index contributed by atoms with van der Waals surface area (Å²) < 4.78 is 11.7. The zero-order valence-corrected chi connectivity index (χ0v) is 24.0. The normalized spacial score (nSPS) is 20.4. The number of carboxylic acid groups (broad SMARTS) is 1. The fourth-order valence-corrected chi connectivity index (χ4v) is 6.70. The lowest BCUT2D eigenvalue weighted by Gasteiger charge is -2.35. The van der Waals surface area contributed by atoms with Crippen molar-refractivity contribution in [2.45, 2.75) is 77.0 Å². The SMILES string of the molecule is COc1ccc(C(=O)C2CCCCCC2)c(N2CCC(COc3cc([C@H](C4CC4)[C@H](C)C(=O)O)ccn3)CC2)c1. The lowest BCUT2D eigenvalue weighted by Crippen LogP contribution is -2.36. The summed E-state index contributed by atoms with van der Waals surface area (Å²) in [7, 11) is 1.67. The van der Waals surface area contributed by atoms with E-state index in [1.165, 1.54) is 12.8 Å². The van der Waals surface area contributed by atoms with Gasteiger partial charge in [0.15, 0.2) is 5.78 Å². The molecular formula is C33H44N2O5. The maximum Gasteiger partial charge on any atom is 0.306 e. The van der Waals surface area contributed by atoms with Crippen LogP contribution in [0.1, 0.15) is 93.0 Å². The minimum atomic E-state index is -0.752. The van der Waals surface area contributed by atoms with Gasteiger partial charge in [0.25, 0.3) is 0 Å². The van der Waals surface area contributed by atoms with Crippen LogP contribution in [0.2, 0.25) is 0 Å². The Hall–Kier alpha value is -3.09. The summed E-state index contributed by atoms with van der Waals surface area (Å²) in [5, 5.41) is 9.61. The van der Waals surface area contributed by atoms with Crippen molar-refractivity contribution in [1.29, 1.82) is 0 Å². The number of aliphatic carboxylic acids is 1. The van der Waals surface area contributed by atoms with Gasteiger partial charge in [-0.2, -0.15) is 0 Å². The summed E-state index contributed by atoms with van der Waals surface area (Å²) in [6, 6.07) is 9.80. The van der Waals surface area contributed by atoms with Crippen LogP contribution in [0.15, 0.2) is 36.5 Å². The summed E-state index contributed by atoms with van der Waals surface area (Å²) in [6.45, 7) is 4.11. The fourth-order valence-electron chi connectivity index (χ4n) is 6.70. The van der Waals surface area contributed by atoms with Crippen molar-refractivity contribution in [2.75, 3.05) is 31.7 Å². The minimum Gasteiger partial charge on any atom is -0.497 e. The quantitative estimate of drug-likeness (QED) is 0.245. The summed E-state index contributed by atoms with van der Waals surface area (Å²) in [6.07, 6.45) is 12.6.